The minimum atomic E-state index is 0. The first-order chi connectivity index (χ1) is 8.72. The number of para-hydroxylation sites is 1. The minimum absolute atomic E-state index is 0. The number of amidine groups is 1. The summed E-state index contributed by atoms with van der Waals surface area (Å²) < 4.78 is 0. The van der Waals surface area contributed by atoms with Crippen LogP contribution in [0, 0.1) is 5.41 Å². The molecule has 1 saturated heterocycles. The van der Waals surface area contributed by atoms with Crippen molar-refractivity contribution in [2.75, 3.05) is 44.2 Å². The molecule has 0 atom stereocenters. The van der Waals surface area contributed by atoms with Crippen molar-refractivity contribution in [1.82, 2.24) is 4.90 Å². The molecule has 0 spiro atoms. The van der Waals surface area contributed by atoms with E-state index in [0.29, 0.717) is 0 Å². The van der Waals surface area contributed by atoms with Crippen LogP contribution in [0.15, 0.2) is 24.3 Å². The van der Waals surface area contributed by atoms with E-state index in [9.17, 15) is 0 Å². The van der Waals surface area contributed by atoms with E-state index in [-0.39, 0.29) is 24.8 Å². The third-order valence-electron chi connectivity index (χ3n) is 3.32. The number of aliphatic hydroxyl groups is 1. The van der Waals surface area contributed by atoms with Crippen molar-refractivity contribution in [3.05, 3.63) is 29.8 Å². The molecule has 0 bridgehead atoms. The summed E-state index contributed by atoms with van der Waals surface area (Å²) in [5, 5.41) is 16.5. The van der Waals surface area contributed by atoms with Gasteiger partial charge in [0.15, 0.2) is 0 Å². The quantitative estimate of drug-likeness (QED) is 0.556. The fourth-order valence-corrected chi connectivity index (χ4v) is 2.33. The van der Waals surface area contributed by atoms with Crippen molar-refractivity contribution >= 4 is 23.9 Å². The average Bonchev–Trinajstić information content (AvgIpc) is 2.40. The van der Waals surface area contributed by atoms with Crippen LogP contribution in [-0.2, 0) is 0 Å². The predicted octanol–water partition coefficient (Wildman–Crippen LogP) is 0.507. The number of β-amino-alcohol motifs (C(OH)–C–C–N with tert-alkyl or cyclic N) is 1. The van der Waals surface area contributed by atoms with Crippen LogP contribution in [0.3, 0.4) is 0 Å². The maximum Gasteiger partial charge on any atom is 0.124 e. The molecule has 4 N–H and O–H groups in total. The molecule has 0 aliphatic carbocycles. The van der Waals surface area contributed by atoms with Gasteiger partial charge in [-0.1, -0.05) is 12.1 Å². The van der Waals surface area contributed by atoms with Gasteiger partial charge in [0.25, 0.3) is 0 Å². The van der Waals surface area contributed by atoms with E-state index in [1.807, 2.05) is 24.3 Å². The highest BCUT2D eigenvalue weighted by molar-refractivity contribution is 6.00. The molecule has 0 radical (unpaired) electrons. The third kappa shape index (κ3) is 3.83. The Labute approximate surface area is 119 Å². The van der Waals surface area contributed by atoms with Crippen LogP contribution in [0.4, 0.5) is 5.69 Å². The topological polar surface area (TPSA) is 76.6 Å². The second-order valence-corrected chi connectivity index (χ2v) is 4.48. The molecule has 1 aliphatic rings. The molecule has 19 heavy (non-hydrogen) atoms. The lowest BCUT2D eigenvalue weighted by Gasteiger charge is -2.36. The van der Waals surface area contributed by atoms with Gasteiger partial charge in [-0.2, -0.15) is 0 Å². The first kappa shape index (κ1) is 15.8. The van der Waals surface area contributed by atoms with E-state index in [1.165, 1.54) is 0 Å². The number of hydrogen-bond donors (Lipinski definition) is 3. The number of nitrogen functional groups attached to an aromatic ring is 1. The van der Waals surface area contributed by atoms with Gasteiger partial charge in [-0.05, 0) is 12.1 Å². The Bertz CT molecular complexity index is 419. The van der Waals surface area contributed by atoms with Gasteiger partial charge in [0.2, 0.25) is 0 Å². The van der Waals surface area contributed by atoms with Gasteiger partial charge >= 0.3 is 0 Å². The predicted molar refractivity (Wildman–Crippen MR) is 80.4 cm³/mol. The van der Waals surface area contributed by atoms with Crippen molar-refractivity contribution in [2.24, 2.45) is 5.73 Å². The second kappa shape index (κ2) is 7.33. The van der Waals surface area contributed by atoms with Crippen LogP contribution in [0.5, 0.6) is 0 Å². The van der Waals surface area contributed by atoms with Crippen LogP contribution >= 0.6 is 12.4 Å². The summed E-state index contributed by atoms with van der Waals surface area (Å²) in [5.74, 6) is 0.114. The van der Waals surface area contributed by atoms with E-state index < -0.39 is 0 Å². The number of halogens is 1. The monoisotopic (exact) mass is 284 g/mol. The highest BCUT2D eigenvalue weighted by atomic mass is 35.5. The minimum Gasteiger partial charge on any atom is -0.395 e. The molecule has 1 aromatic rings. The zero-order chi connectivity index (χ0) is 13.0. The fourth-order valence-electron chi connectivity index (χ4n) is 2.33. The number of piperazine rings is 1. The zero-order valence-electron chi connectivity index (χ0n) is 10.9. The van der Waals surface area contributed by atoms with Crippen molar-refractivity contribution < 1.29 is 5.11 Å². The smallest absolute Gasteiger partial charge is 0.124 e. The summed E-state index contributed by atoms with van der Waals surface area (Å²) >= 11 is 0. The van der Waals surface area contributed by atoms with Crippen LogP contribution in [0.2, 0.25) is 0 Å². The number of aliphatic hydroxyl groups excluding tert-OH is 1. The molecule has 1 aromatic carbocycles. The number of anilines is 1. The molecule has 0 amide bonds. The van der Waals surface area contributed by atoms with Crippen molar-refractivity contribution in [2.45, 2.75) is 0 Å². The van der Waals surface area contributed by atoms with Crippen LogP contribution in [0.25, 0.3) is 0 Å². The molecular weight excluding hydrogens is 264 g/mol. The molecule has 1 heterocycles. The third-order valence-corrected chi connectivity index (χ3v) is 3.32. The van der Waals surface area contributed by atoms with Crippen LogP contribution in [0.1, 0.15) is 5.56 Å². The summed E-state index contributed by atoms with van der Waals surface area (Å²) in [5.41, 5.74) is 7.44. The lowest BCUT2D eigenvalue weighted by atomic mass is 10.1. The molecule has 1 fully saturated rings. The van der Waals surface area contributed by atoms with Crippen LogP contribution in [-0.4, -0.2) is 55.2 Å². The van der Waals surface area contributed by atoms with Gasteiger partial charge in [0, 0.05) is 44.0 Å². The van der Waals surface area contributed by atoms with Gasteiger partial charge in [0.1, 0.15) is 5.84 Å². The Kier molecular flexibility index (Phi) is 6.08. The van der Waals surface area contributed by atoms with E-state index in [2.05, 4.69) is 9.80 Å². The number of nitrogens with one attached hydrogen (secondary N) is 1. The molecule has 0 aromatic heterocycles. The molecule has 2 rings (SSSR count). The van der Waals surface area contributed by atoms with Crippen molar-refractivity contribution in [3.8, 4) is 0 Å². The van der Waals surface area contributed by atoms with Gasteiger partial charge in [0.05, 0.1) is 6.61 Å². The van der Waals surface area contributed by atoms with E-state index in [4.69, 9.17) is 16.2 Å². The SMILES string of the molecule is Cl.N=C(N)c1ccccc1N1CCN(CCO)CC1. The Morgan fingerprint density at radius 3 is 2.42 bits per heavy atom. The van der Waals surface area contributed by atoms with E-state index in [1.54, 1.807) is 0 Å². The Balaban J connectivity index is 0.00000180. The molecule has 5 nitrogen and oxygen atoms in total. The highest BCUT2D eigenvalue weighted by Crippen LogP contribution is 2.21. The Morgan fingerprint density at radius 2 is 1.84 bits per heavy atom. The molecule has 0 unspecified atom stereocenters. The van der Waals surface area contributed by atoms with Gasteiger partial charge in [-0.15, -0.1) is 12.4 Å². The van der Waals surface area contributed by atoms with Gasteiger partial charge in [-0.3, -0.25) is 10.3 Å². The summed E-state index contributed by atoms with van der Waals surface area (Å²) in [6.07, 6.45) is 0. The number of benzene rings is 1. The summed E-state index contributed by atoms with van der Waals surface area (Å²) in [7, 11) is 0. The Hall–Kier alpha value is -1.30. The fraction of sp³-hybridized carbons (Fsp3) is 0.462. The van der Waals surface area contributed by atoms with E-state index in [0.717, 1.165) is 44.0 Å². The molecule has 106 valence electrons. The average molecular weight is 285 g/mol. The molecule has 6 heteroatoms. The summed E-state index contributed by atoms with van der Waals surface area (Å²) in [6, 6.07) is 7.78. The molecule has 1 aliphatic heterocycles. The highest BCUT2D eigenvalue weighted by Gasteiger charge is 2.19. The summed E-state index contributed by atoms with van der Waals surface area (Å²) in [4.78, 5) is 4.50. The molecular formula is C13H21ClN4O. The number of nitrogens with zero attached hydrogens (tertiary/aromatic N) is 2. The number of rotatable bonds is 4. The Morgan fingerprint density at radius 1 is 1.21 bits per heavy atom. The normalized spacial score (nSPS) is 15.9. The van der Waals surface area contributed by atoms with Gasteiger partial charge in [-0.25, -0.2) is 0 Å². The maximum atomic E-state index is 8.92. The zero-order valence-corrected chi connectivity index (χ0v) is 11.7. The first-order valence-electron chi connectivity index (χ1n) is 6.24. The first-order valence-corrected chi connectivity index (χ1v) is 6.24. The van der Waals surface area contributed by atoms with Crippen molar-refractivity contribution in [1.29, 1.82) is 5.41 Å². The van der Waals surface area contributed by atoms with Gasteiger partial charge < -0.3 is 15.7 Å². The summed E-state index contributed by atoms with van der Waals surface area (Å²) in [6.45, 7) is 4.64. The van der Waals surface area contributed by atoms with Crippen LogP contribution < -0.4 is 10.6 Å². The maximum absolute atomic E-state index is 8.92. The number of hydrogen-bond acceptors (Lipinski definition) is 4. The van der Waals surface area contributed by atoms with E-state index >= 15 is 0 Å². The lowest BCUT2D eigenvalue weighted by molar-refractivity contribution is 0.189. The standard InChI is InChI=1S/C13H20N4O.ClH/c14-13(15)11-3-1-2-4-12(11)17-7-5-16(6-8-17)9-10-18;/h1-4,18H,5-10H2,(H3,14,15);1H. The second-order valence-electron chi connectivity index (χ2n) is 4.48. The lowest BCUT2D eigenvalue weighted by Crippen LogP contribution is -2.47. The number of nitrogens with two attached hydrogens (primary N) is 1. The van der Waals surface area contributed by atoms with Crippen molar-refractivity contribution in [3.63, 3.8) is 0 Å². The largest absolute Gasteiger partial charge is 0.395 e. The molecule has 0 saturated carbocycles.